The molecule has 8 N–H and O–H groups in total. The van der Waals surface area contributed by atoms with Crippen LogP contribution in [0.4, 0.5) is 0 Å². The standard InChI is InChI=1S/C48H32N4O8/c53-45(54)29-9-1-25(2-10-29)41-33-17-19-35(49-33)42(26-3-11-30(12-4-26)46(55)56)37-21-23-39(51-37)44(28-7-15-32(16-8-28)48(59)60)40-24-22-38(52-40)43(36-20-18-34(41)50-36)27-5-13-31(14-6-27)47(57)58/h1-24,49-52H,(H,53,54)(H,55,56)(H,57,58)(H,59,60)/b41-33-,41-34?,42-35-,42-37?,43-36?,43-38-,44-39?,44-40-. The zero-order valence-electron chi connectivity index (χ0n) is 31.3. The Morgan fingerprint density at radius 2 is 0.467 bits per heavy atom. The lowest BCUT2D eigenvalue weighted by molar-refractivity contribution is 0.0686. The van der Waals surface area contributed by atoms with Crippen molar-refractivity contribution in [2.24, 2.45) is 0 Å². The fourth-order valence-corrected chi connectivity index (χ4v) is 7.69. The van der Waals surface area contributed by atoms with Gasteiger partial charge in [0.05, 0.1) is 22.3 Å². The van der Waals surface area contributed by atoms with Crippen LogP contribution in [0.3, 0.4) is 0 Å². The van der Waals surface area contributed by atoms with Gasteiger partial charge in [0.15, 0.2) is 0 Å². The lowest BCUT2D eigenvalue weighted by atomic mass is 10.0. The average Bonchev–Trinajstić information content (AvgIpc) is 4.10. The van der Waals surface area contributed by atoms with Gasteiger partial charge < -0.3 is 40.4 Å². The van der Waals surface area contributed by atoms with Gasteiger partial charge in [-0.15, -0.1) is 0 Å². The van der Waals surface area contributed by atoms with Crippen molar-refractivity contribution >= 4 is 46.2 Å². The van der Waals surface area contributed by atoms with E-state index in [1.54, 1.807) is 97.1 Å². The second-order valence-corrected chi connectivity index (χ2v) is 14.2. The molecule has 60 heavy (non-hydrogen) atoms. The van der Waals surface area contributed by atoms with Crippen LogP contribution in [0.15, 0.2) is 146 Å². The molecule has 4 aromatic carbocycles. The monoisotopic (exact) mass is 792 g/mol. The molecule has 12 heteroatoms. The summed E-state index contributed by atoms with van der Waals surface area (Å²) in [5.74, 6) is -4.21. The van der Waals surface area contributed by atoms with Crippen molar-refractivity contribution in [2.75, 3.05) is 0 Å². The number of carbonyl (C=O) groups is 4. The molecular formula is C48H32N4O8. The molecule has 12 nitrogen and oxygen atoms in total. The highest BCUT2D eigenvalue weighted by Crippen LogP contribution is 2.28. The molecule has 0 atom stereocenters. The van der Waals surface area contributed by atoms with E-state index < -0.39 is 23.9 Å². The van der Waals surface area contributed by atoms with Gasteiger partial charge in [0, 0.05) is 66.5 Å². The summed E-state index contributed by atoms with van der Waals surface area (Å²) in [5, 5.41) is 41.5. The summed E-state index contributed by atoms with van der Waals surface area (Å²) in [6, 6.07) is 41.8. The van der Waals surface area contributed by atoms with Gasteiger partial charge in [-0.25, -0.2) is 19.2 Å². The summed E-state index contributed by atoms with van der Waals surface area (Å²) in [6.45, 7) is 0. The zero-order chi connectivity index (χ0) is 41.7. The number of aromatic nitrogens is 4. The van der Waals surface area contributed by atoms with Gasteiger partial charge >= 0.3 is 23.9 Å². The maximum Gasteiger partial charge on any atom is 0.335 e. The topological polar surface area (TPSA) is 212 Å². The van der Waals surface area contributed by atoms with Crippen LogP contribution in [0.5, 0.6) is 0 Å². The van der Waals surface area contributed by atoms with Crippen LogP contribution in [0.1, 0.15) is 86.5 Å². The fraction of sp³-hybridized carbons (Fsp3) is 0. The Balaban J connectivity index is 1.40. The molecule has 0 amide bonds. The minimum absolute atomic E-state index is 0.131. The van der Waals surface area contributed by atoms with Crippen molar-refractivity contribution < 1.29 is 39.6 Å². The number of benzene rings is 4. The second-order valence-electron chi connectivity index (χ2n) is 14.2. The van der Waals surface area contributed by atoms with Crippen molar-refractivity contribution in [3.05, 3.63) is 234 Å². The predicted molar refractivity (Wildman–Crippen MR) is 222 cm³/mol. The van der Waals surface area contributed by atoms with Gasteiger partial charge in [-0.1, -0.05) is 48.5 Å². The highest BCUT2D eigenvalue weighted by atomic mass is 16.4. The van der Waals surface area contributed by atoms with Crippen molar-refractivity contribution in [2.45, 2.75) is 0 Å². The normalized spacial score (nSPS) is 16.0. The Morgan fingerprint density at radius 1 is 0.267 bits per heavy atom. The van der Waals surface area contributed by atoms with Crippen molar-refractivity contribution in [1.29, 1.82) is 0 Å². The van der Waals surface area contributed by atoms with Gasteiger partial charge in [0.2, 0.25) is 0 Å². The van der Waals surface area contributed by atoms with Crippen LogP contribution in [-0.2, 0) is 0 Å². The lowest BCUT2D eigenvalue weighted by Crippen LogP contribution is -2.19. The molecule has 1 aliphatic rings. The van der Waals surface area contributed by atoms with E-state index in [0.717, 1.165) is 44.5 Å². The molecule has 0 fully saturated rings. The number of aromatic carboxylic acids is 4. The lowest BCUT2D eigenvalue weighted by Gasteiger charge is -2.10. The number of nitrogens with one attached hydrogen (secondary N) is 4. The largest absolute Gasteiger partial charge is 0.478 e. The highest BCUT2D eigenvalue weighted by molar-refractivity contribution is 5.92. The molecule has 8 bridgehead atoms. The minimum atomic E-state index is -1.05. The molecule has 0 unspecified atom stereocenters. The maximum absolute atomic E-state index is 11.8. The van der Waals surface area contributed by atoms with E-state index in [-0.39, 0.29) is 22.3 Å². The summed E-state index contributed by atoms with van der Waals surface area (Å²) in [4.78, 5) is 61.8. The first-order chi connectivity index (χ1) is 29.0. The third-order valence-electron chi connectivity index (χ3n) is 10.6. The van der Waals surface area contributed by atoms with E-state index in [9.17, 15) is 39.6 Å². The quantitative estimate of drug-likeness (QED) is 0.104. The van der Waals surface area contributed by atoms with Crippen molar-refractivity contribution in [3.8, 4) is 0 Å². The SMILES string of the molecule is O=C(O)c1ccc(/C2=c3\cc/c([nH]3)=C(\c3ccc(C(=O)O)cc3)c3ccc([nH]3)/C(c3ccc(C(=O)O)cc3)=c3/cc/c([nH]3)=C(\c3ccc(C(=O)O)cc3)c3ccc2[nH]3)cc1. The Labute approximate surface area is 339 Å². The van der Waals surface area contributed by atoms with Gasteiger partial charge in [0.25, 0.3) is 0 Å². The maximum atomic E-state index is 11.8. The molecule has 0 saturated heterocycles. The Bertz CT molecular complexity index is 2850. The van der Waals surface area contributed by atoms with Gasteiger partial charge in [-0.05, 0) is 119 Å². The number of fused-ring (bicyclic) bond motifs is 8. The first-order valence-electron chi connectivity index (χ1n) is 18.6. The van der Waals surface area contributed by atoms with E-state index in [1.807, 2.05) is 48.5 Å². The number of H-pyrrole nitrogens is 4. The van der Waals surface area contributed by atoms with Crippen LogP contribution in [0, 0.1) is 0 Å². The van der Waals surface area contributed by atoms with Crippen molar-refractivity contribution in [1.82, 2.24) is 19.9 Å². The van der Waals surface area contributed by atoms with Crippen LogP contribution < -0.4 is 21.4 Å². The summed E-state index contributed by atoms with van der Waals surface area (Å²) in [7, 11) is 0. The van der Waals surface area contributed by atoms with Crippen LogP contribution in [0.2, 0.25) is 0 Å². The molecule has 4 aromatic heterocycles. The molecule has 8 aromatic rings. The molecule has 0 radical (unpaired) electrons. The summed E-state index contributed by atoms with van der Waals surface area (Å²) in [6.07, 6.45) is 0. The highest BCUT2D eigenvalue weighted by Gasteiger charge is 2.20. The number of hydrogen-bond acceptors (Lipinski definition) is 4. The summed E-state index contributed by atoms with van der Waals surface area (Å²) < 4.78 is 0. The van der Waals surface area contributed by atoms with E-state index >= 15 is 0 Å². The van der Waals surface area contributed by atoms with Gasteiger partial charge in [-0.2, -0.15) is 0 Å². The first-order valence-corrected chi connectivity index (χ1v) is 18.6. The summed E-state index contributed by atoms with van der Waals surface area (Å²) in [5.41, 5.74) is 9.13. The third-order valence-corrected chi connectivity index (χ3v) is 10.6. The molecule has 5 heterocycles. The molecule has 0 aliphatic carbocycles. The van der Waals surface area contributed by atoms with E-state index in [2.05, 4.69) is 19.9 Å². The molecule has 9 rings (SSSR count). The predicted octanol–water partition coefficient (Wildman–Crippen LogP) is 5.09. The second kappa shape index (κ2) is 14.7. The average molecular weight is 793 g/mol. The van der Waals surface area contributed by atoms with E-state index in [0.29, 0.717) is 44.2 Å². The minimum Gasteiger partial charge on any atom is -0.478 e. The molecule has 292 valence electrons. The van der Waals surface area contributed by atoms with Crippen LogP contribution in [0.25, 0.3) is 22.3 Å². The molecule has 0 saturated carbocycles. The number of carboxylic acids is 4. The Kier molecular flexibility index (Phi) is 9.06. The molecule has 1 aliphatic heterocycles. The Morgan fingerprint density at radius 3 is 0.650 bits per heavy atom. The third kappa shape index (κ3) is 6.69. The van der Waals surface area contributed by atoms with E-state index in [1.165, 1.54) is 0 Å². The van der Waals surface area contributed by atoms with Gasteiger partial charge in [0.1, 0.15) is 0 Å². The van der Waals surface area contributed by atoms with Crippen LogP contribution in [-0.4, -0.2) is 64.2 Å². The number of rotatable bonds is 8. The molecular weight excluding hydrogens is 761 g/mol. The van der Waals surface area contributed by atoms with Gasteiger partial charge in [-0.3, -0.25) is 0 Å². The number of hydrogen-bond donors (Lipinski definition) is 8. The molecule has 0 spiro atoms. The first kappa shape index (κ1) is 37.0. The smallest absolute Gasteiger partial charge is 0.335 e. The summed E-state index contributed by atoms with van der Waals surface area (Å²) >= 11 is 0. The number of carboxylic acid groups (broad SMARTS) is 4. The van der Waals surface area contributed by atoms with E-state index in [4.69, 9.17) is 0 Å². The number of aromatic amines is 4. The fourth-order valence-electron chi connectivity index (χ4n) is 7.69. The van der Waals surface area contributed by atoms with Crippen molar-refractivity contribution in [3.63, 3.8) is 0 Å². The van der Waals surface area contributed by atoms with Crippen LogP contribution >= 0.6 is 0 Å². The zero-order valence-corrected chi connectivity index (χ0v) is 31.3. The Hall–Kier alpha value is -8.64.